The van der Waals surface area contributed by atoms with Gasteiger partial charge in [-0.1, -0.05) is 18.7 Å². The zero-order valence-electron chi connectivity index (χ0n) is 9.32. The Kier molecular flexibility index (Phi) is 2.68. The maximum absolute atomic E-state index is 12.7. The average Bonchev–Trinajstić information content (AvgIpc) is 2.86. The number of thioether (sulfide) groups is 1. The van der Waals surface area contributed by atoms with Crippen molar-refractivity contribution in [2.75, 3.05) is 5.75 Å². The second-order valence-corrected chi connectivity index (χ2v) is 5.74. The minimum Gasteiger partial charge on any atom is -0.359 e. The van der Waals surface area contributed by atoms with Gasteiger partial charge in [-0.3, -0.25) is 0 Å². The predicted octanol–water partition coefficient (Wildman–Crippen LogP) is 2.94. The molecule has 2 rings (SSSR count). The van der Waals surface area contributed by atoms with E-state index in [1.807, 2.05) is 13.8 Å². The quantitative estimate of drug-likeness (QED) is 0.817. The molecule has 0 aromatic heterocycles. The first-order chi connectivity index (χ1) is 7.30. The molecule has 1 aliphatic heterocycles. The predicted molar refractivity (Wildman–Crippen MR) is 59.7 cm³/mol. The number of nitrogens with one attached hydrogen (secondary N) is 1. The van der Waals surface area contributed by atoms with Crippen LogP contribution in [0.1, 0.15) is 33.1 Å². The van der Waals surface area contributed by atoms with Gasteiger partial charge >= 0.3 is 6.18 Å². The van der Waals surface area contributed by atoms with Crippen molar-refractivity contribution in [3.63, 3.8) is 0 Å². The molecule has 0 amide bonds. The van der Waals surface area contributed by atoms with Crippen molar-refractivity contribution in [2.24, 2.45) is 4.99 Å². The molecule has 2 nitrogen and oxygen atoms in total. The summed E-state index contributed by atoms with van der Waals surface area (Å²) in [6, 6.07) is 0. The lowest BCUT2D eigenvalue weighted by Crippen LogP contribution is -2.41. The molecule has 1 aliphatic carbocycles. The fraction of sp³-hybridized carbons (Fsp3) is 0.900. The summed E-state index contributed by atoms with van der Waals surface area (Å²) in [6.07, 6.45) is -3.05. The van der Waals surface area contributed by atoms with Crippen LogP contribution in [0.5, 0.6) is 0 Å². The van der Waals surface area contributed by atoms with E-state index >= 15 is 0 Å². The number of hydrogen-bond donors (Lipinski definition) is 1. The molecule has 0 radical (unpaired) electrons. The van der Waals surface area contributed by atoms with E-state index in [2.05, 4.69) is 10.3 Å². The van der Waals surface area contributed by atoms with Crippen molar-refractivity contribution in [3.05, 3.63) is 0 Å². The fourth-order valence-corrected chi connectivity index (χ4v) is 2.87. The lowest BCUT2D eigenvalue weighted by molar-refractivity contribution is -0.155. The summed E-state index contributed by atoms with van der Waals surface area (Å²) in [6.45, 7) is 4.03. The molecule has 2 aliphatic rings. The van der Waals surface area contributed by atoms with Crippen LogP contribution < -0.4 is 5.32 Å². The topological polar surface area (TPSA) is 24.4 Å². The van der Waals surface area contributed by atoms with E-state index in [-0.39, 0.29) is 18.4 Å². The van der Waals surface area contributed by atoms with Gasteiger partial charge in [0.15, 0.2) is 10.7 Å². The first-order valence-electron chi connectivity index (χ1n) is 5.38. The highest BCUT2D eigenvalue weighted by atomic mass is 32.2. The highest BCUT2D eigenvalue weighted by Crippen LogP contribution is 2.53. The highest BCUT2D eigenvalue weighted by molar-refractivity contribution is 8.14. The van der Waals surface area contributed by atoms with Gasteiger partial charge in [0, 0.05) is 11.3 Å². The van der Waals surface area contributed by atoms with Crippen LogP contribution in [0.15, 0.2) is 4.99 Å². The summed E-state index contributed by atoms with van der Waals surface area (Å²) < 4.78 is 38.0. The Hall–Kier alpha value is -0.390. The lowest BCUT2D eigenvalue weighted by Gasteiger charge is -2.21. The van der Waals surface area contributed by atoms with Crippen molar-refractivity contribution < 1.29 is 13.2 Å². The van der Waals surface area contributed by atoms with Crippen molar-refractivity contribution in [3.8, 4) is 0 Å². The first-order valence-corrected chi connectivity index (χ1v) is 6.36. The van der Waals surface area contributed by atoms with Crippen LogP contribution in [0, 0.1) is 0 Å². The number of aliphatic imine (C=N–C) groups is 1. The van der Waals surface area contributed by atoms with Gasteiger partial charge in [-0.05, 0) is 26.2 Å². The Morgan fingerprint density at radius 3 is 2.44 bits per heavy atom. The van der Waals surface area contributed by atoms with Gasteiger partial charge in [-0.25, -0.2) is 4.99 Å². The van der Waals surface area contributed by atoms with E-state index in [0.29, 0.717) is 5.17 Å². The lowest BCUT2D eigenvalue weighted by atomic mass is 10.0. The summed E-state index contributed by atoms with van der Waals surface area (Å²) in [5.74, 6) is 0.788. The maximum atomic E-state index is 12.7. The van der Waals surface area contributed by atoms with E-state index in [0.717, 1.165) is 12.2 Å². The summed E-state index contributed by atoms with van der Waals surface area (Å²) >= 11 is 1.40. The maximum Gasteiger partial charge on any atom is 0.413 e. The number of nitrogens with zero attached hydrogens (tertiary/aromatic N) is 1. The molecule has 16 heavy (non-hydrogen) atoms. The first kappa shape index (κ1) is 12.1. The number of amidine groups is 1. The molecular formula is C10H15F3N2S. The second kappa shape index (κ2) is 3.55. The molecule has 1 unspecified atom stereocenters. The summed E-state index contributed by atoms with van der Waals surface area (Å²) in [5, 5.41) is 3.56. The van der Waals surface area contributed by atoms with Gasteiger partial charge in [0.05, 0.1) is 0 Å². The van der Waals surface area contributed by atoms with Gasteiger partial charge in [0.2, 0.25) is 0 Å². The number of rotatable bonds is 2. The minimum atomic E-state index is -4.20. The van der Waals surface area contributed by atoms with Crippen LogP contribution in [0.3, 0.4) is 0 Å². The molecular weight excluding hydrogens is 237 g/mol. The largest absolute Gasteiger partial charge is 0.413 e. The second-order valence-electron chi connectivity index (χ2n) is 4.77. The fourth-order valence-electron chi connectivity index (χ4n) is 1.58. The van der Waals surface area contributed by atoms with Crippen LogP contribution in [-0.2, 0) is 0 Å². The smallest absolute Gasteiger partial charge is 0.359 e. The molecule has 1 heterocycles. The van der Waals surface area contributed by atoms with Crippen LogP contribution in [0.2, 0.25) is 0 Å². The number of halogens is 3. The zero-order chi connectivity index (χ0) is 12.0. The minimum absolute atomic E-state index is 0.106. The van der Waals surface area contributed by atoms with Crippen LogP contribution in [0.4, 0.5) is 13.2 Å². The molecule has 92 valence electrons. The molecule has 2 fully saturated rings. The zero-order valence-corrected chi connectivity index (χ0v) is 10.1. The SMILES string of the molecule is CCC1(C)CSC(=NC2(C(F)(F)F)CC2)N1. The summed E-state index contributed by atoms with van der Waals surface area (Å²) in [5.41, 5.74) is -1.88. The monoisotopic (exact) mass is 252 g/mol. The van der Waals surface area contributed by atoms with E-state index in [1.54, 1.807) is 0 Å². The van der Waals surface area contributed by atoms with E-state index in [1.165, 1.54) is 11.8 Å². The molecule has 6 heteroatoms. The van der Waals surface area contributed by atoms with E-state index in [4.69, 9.17) is 0 Å². The molecule has 1 saturated heterocycles. The highest BCUT2D eigenvalue weighted by Gasteiger charge is 2.64. The van der Waals surface area contributed by atoms with Gasteiger partial charge in [0.25, 0.3) is 0 Å². The van der Waals surface area contributed by atoms with Crippen molar-refractivity contribution >= 4 is 16.9 Å². The molecule has 1 saturated carbocycles. The van der Waals surface area contributed by atoms with Crippen LogP contribution >= 0.6 is 11.8 Å². The van der Waals surface area contributed by atoms with E-state index < -0.39 is 11.7 Å². The summed E-state index contributed by atoms with van der Waals surface area (Å²) in [7, 11) is 0. The summed E-state index contributed by atoms with van der Waals surface area (Å²) in [4.78, 5) is 3.88. The Balaban J connectivity index is 2.11. The molecule has 1 N–H and O–H groups in total. The average molecular weight is 252 g/mol. The number of hydrogen-bond acceptors (Lipinski definition) is 2. The van der Waals surface area contributed by atoms with E-state index in [9.17, 15) is 13.2 Å². The van der Waals surface area contributed by atoms with Crippen molar-refractivity contribution in [1.82, 2.24) is 5.32 Å². The van der Waals surface area contributed by atoms with Gasteiger partial charge < -0.3 is 5.32 Å². The van der Waals surface area contributed by atoms with Crippen LogP contribution in [0.25, 0.3) is 0 Å². The third-order valence-electron chi connectivity index (χ3n) is 3.28. The molecule has 0 aromatic rings. The molecule has 1 atom stereocenters. The van der Waals surface area contributed by atoms with Gasteiger partial charge in [-0.15, -0.1) is 0 Å². The molecule has 0 aromatic carbocycles. The van der Waals surface area contributed by atoms with Gasteiger partial charge in [0.1, 0.15) is 0 Å². The Morgan fingerprint density at radius 1 is 1.44 bits per heavy atom. The normalized spacial score (nSPS) is 35.2. The van der Waals surface area contributed by atoms with Crippen molar-refractivity contribution in [2.45, 2.75) is 50.4 Å². The molecule has 0 spiro atoms. The third kappa shape index (κ3) is 2.04. The standard InChI is InChI=1S/C10H15F3N2S/c1-3-8(2)6-16-7(14-8)15-9(4-5-9)10(11,12)13/h3-6H2,1-2H3,(H,14,15). The van der Waals surface area contributed by atoms with Crippen LogP contribution in [-0.4, -0.2) is 28.2 Å². The molecule has 0 bridgehead atoms. The van der Waals surface area contributed by atoms with Crippen molar-refractivity contribution in [1.29, 1.82) is 0 Å². The van der Waals surface area contributed by atoms with Gasteiger partial charge in [-0.2, -0.15) is 13.2 Å². The Bertz CT molecular complexity index is 323. The Labute approximate surface area is 97.1 Å². The third-order valence-corrected chi connectivity index (χ3v) is 4.53. The number of alkyl halides is 3. The Morgan fingerprint density at radius 2 is 2.06 bits per heavy atom.